The second-order valence-corrected chi connectivity index (χ2v) is 11.0. The van der Waals surface area contributed by atoms with E-state index in [9.17, 15) is 17.6 Å². The highest BCUT2D eigenvalue weighted by molar-refractivity contribution is 7.15. The van der Waals surface area contributed by atoms with E-state index >= 15 is 17.6 Å². The van der Waals surface area contributed by atoms with Gasteiger partial charge in [-0.1, -0.05) is 60.7 Å². The van der Waals surface area contributed by atoms with Crippen molar-refractivity contribution in [1.29, 1.82) is 0 Å². The standard InChI is InChI=1S/C26H16F8N2S2/c1-13-19(35-21(37-13)15-9-5-3-6-10-15)17-18(24(29,30)26(33,34)25(31,32)23(17,27)28)20-14(2)38-22(36-20)16-11-7-4-8-12-16/h3-12H,1-2H3. The van der Waals surface area contributed by atoms with Gasteiger partial charge in [0.2, 0.25) is 0 Å². The first-order chi connectivity index (χ1) is 17.7. The summed E-state index contributed by atoms with van der Waals surface area (Å²) < 4.78 is 121. The number of thiazole rings is 2. The predicted molar refractivity (Wildman–Crippen MR) is 131 cm³/mol. The van der Waals surface area contributed by atoms with Gasteiger partial charge in [0.15, 0.2) is 0 Å². The minimum Gasteiger partial charge on any atom is -0.236 e. The van der Waals surface area contributed by atoms with Gasteiger partial charge in [0, 0.05) is 20.9 Å². The van der Waals surface area contributed by atoms with Gasteiger partial charge in [-0.05, 0) is 13.8 Å². The highest BCUT2D eigenvalue weighted by Crippen LogP contribution is 2.66. The number of alkyl halides is 8. The van der Waals surface area contributed by atoms with Crippen LogP contribution in [0.5, 0.6) is 0 Å². The molecular formula is C26H16F8N2S2. The SMILES string of the molecule is Cc1sc(-c2ccccc2)nc1C1=C(c2nc(-c3ccccc3)sc2C)C(F)(F)C(F)(F)C(F)(F)C1(F)F. The molecule has 0 spiro atoms. The van der Waals surface area contributed by atoms with E-state index in [1.165, 1.54) is 13.8 Å². The molecule has 4 aromatic rings. The Morgan fingerprint density at radius 1 is 0.526 bits per heavy atom. The predicted octanol–water partition coefficient (Wildman–Crippen LogP) is 9.02. The molecule has 0 bridgehead atoms. The smallest absolute Gasteiger partial charge is 0.236 e. The molecular weight excluding hydrogens is 556 g/mol. The van der Waals surface area contributed by atoms with Gasteiger partial charge in [-0.15, -0.1) is 22.7 Å². The molecule has 198 valence electrons. The van der Waals surface area contributed by atoms with Crippen LogP contribution >= 0.6 is 22.7 Å². The van der Waals surface area contributed by atoms with Gasteiger partial charge in [-0.3, -0.25) is 0 Å². The van der Waals surface area contributed by atoms with Crippen LogP contribution in [-0.4, -0.2) is 33.7 Å². The van der Waals surface area contributed by atoms with E-state index in [1.54, 1.807) is 60.7 Å². The van der Waals surface area contributed by atoms with E-state index in [2.05, 4.69) is 9.97 Å². The quantitative estimate of drug-likeness (QED) is 0.228. The summed E-state index contributed by atoms with van der Waals surface area (Å²) in [5.41, 5.74) is -4.90. The zero-order valence-electron chi connectivity index (χ0n) is 19.5. The van der Waals surface area contributed by atoms with Crippen LogP contribution in [0.3, 0.4) is 0 Å². The molecule has 1 aliphatic carbocycles. The summed E-state index contributed by atoms with van der Waals surface area (Å²) in [6, 6.07) is 16.0. The average Bonchev–Trinajstić information content (AvgIpc) is 3.44. The molecule has 0 atom stereocenters. The fourth-order valence-electron chi connectivity index (χ4n) is 4.22. The van der Waals surface area contributed by atoms with Crippen LogP contribution in [0.2, 0.25) is 0 Å². The molecule has 5 rings (SSSR count). The van der Waals surface area contributed by atoms with Crippen LogP contribution in [0.4, 0.5) is 35.1 Å². The number of rotatable bonds is 4. The van der Waals surface area contributed by atoms with Gasteiger partial charge in [-0.25, -0.2) is 9.97 Å². The van der Waals surface area contributed by atoms with Crippen LogP contribution in [0.15, 0.2) is 60.7 Å². The Bertz CT molecular complexity index is 1420. The zero-order valence-corrected chi connectivity index (χ0v) is 21.1. The van der Waals surface area contributed by atoms with Crippen molar-refractivity contribution < 1.29 is 35.1 Å². The van der Waals surface area contributed by atoms with Crippen LogP contribution in [-0.2, 0) is 0 Å². The molecule has 38 heavy (non-hydrogen) atoms. The van der Waals surface area contributed by atoms with Crippen molar-refractivity contribution in [3.8, 4) is 21.1 Å². The highest BCUT2D eigenvalue weighted by Gasteiger charge is 2.86. The van der Waals surface area contributed by atoms with Crippen LogP contribution < -0.4 is 0 Å². The van der Waals surface area contributed by atoms with Crippen molar-refractivity contribution in [1.82, 2.24) is 9.97 Å². The van der Waals surface area contributed by atoms with Crippen molar-refractivity contribution in [2.45, 2.75) is 37.5 Å². The number of aryl methyl sites for hydroxylation is 2. The summed E-state index contributed by atoms with van der Waals surface area (Å²) in [6.45, 7) is 2.46. The number of hydrogen-bond donors (Lipinski definition) is 0. The van der Waals surface area contributed by atoms with Crippen LogP contribution in [0, 0.1) is 13.8 Å². The monoisotopic (exact) mass is 572 g/mol. The number of hydrogen-bond acceptors (Lipinski definition) is 4. The van der Waals surface area contributed by atoms with Crippen molar-refractivity contribution in [3.63, 3.8) is 0 Å². The number of halogens is 8. The Morgan fingerprint density at radius 2 is 0.842 bits per heavy atom. The molecule has 2 heterocycles. The molecule has 0 saturated carbocycles. The topological polar surface area (TPSA) is 25.8 Å². The van der Waals surface area contributed by atoms with E-state index in [4.69, 9.17) is 0 Å². The molecule has 0 radical (unpaired) electrons. The summed E-state index contributed by atoms with van der Waals surface area (Å²) in [7, 11) is 0. The summed E-state index contributed by atoms with van der Waals surface area (Å²) in [5, 5.41) is 0.148. The maximum atomic E-state index is 15.5. The maximum Gasteiger partial charge on any atom is 0.383 e. The molecule has 0 aliphatic heterocycles. The number of aromatic nitrogens is 2. The molecule has 12 heteroatoms. The Balaban J connectivity index is 1.86. The van der Waals surface area contributed by atoms with Crippen molar-refractivity contribution in [3.05, 3.63) is 81.8 Å². The van der Waals surface area contributed by atoms with E-state index in [0.29, 0.717) is 11.1 Å². The maximum absolute atomic E-state index is 15.5. The van der Waals surface area contributed by atoms with E-state index in [-0.39, 0.29) is 19.8 Å². The molecule has 2 aromatic heterocycles. The molecule has 2 nitrogen and oxygen atoms in total. The number of nitrogens with zero attached hydrogens (tertiary/aromatic N) is 2. The first-order valence-corrected chi connectivity index (χ1v) is 12.7. The zero-order chi connectivity index (χ0) is 27.7. The normalized spacial score (nSPS) is 19.5. The highest BCUT2D eigenvalue weighted by atomic mass is 32.1. The summed E-state index contributed by atoms with van der Waals surface area (Å²) in [4.78, 5) is 7.74. The van der Waals surface area contributed by atoms with Gasteiger partial charge in [-0.2, -0.15) is 35.1 Å². The average molecular weight is 573 g/mol. The number of benzene rings is 2. The van der Waals surface area contributed by atoms with Crippen LogP contribution in [0.1, 0.15) is 21.1 Å². The van der Waals surface area contributed by atoms with Gasteiger partial charge in [0.1, 0.15) is 10.0 Å². The third-order valence-corrected chi connectivity index (χ3v) is 8.21. The van der Waals surface area contributed by atoms with Gasteiger partial charge in [0.05, 0.1) is 22.5 Å². The Labute approximate surface area is 219 Å². The molecule has 0 N–H and O–H groups in total. The Hall–Kier alpha value is -3.12. The van der Waals surface area contributed by atoms with Gasteiger partial charge >= 0.3 is 23.7 Å². The third-order valence-electron chi connectivity index (χ3n) is 6.17. The molecule has 0 unspecified atom stereocenters. The lowest BCUT2D eigenvalue weighted by Crippen LogP contribution is -2.66. The lowest BCUT2D eigenvalue weighted by atomic mass is 9.77. The van der Waals surface area contributed by atoms with Crippen molar-refractivity contribution in [2.75, 3.05) is 0 Å². The Morgan fingerprint density at radius 3 is 1.16 bits per heavy atom. The summed E-state index contributed by atoms with van der Waals surface area (Å²) >= 11 is 1.58. The van der Waals surface area contributed by atoms with E-state index in [1.807, 2.05) is 0 Å². The molecule has 0 saturated heterocycles. The van der Waals surface area contributed by atoms with Gasteiger partial charge < -0.3 is 0 Å². The second-order valence-electron chi connectivity index (χ2n) is 8.63. The molecule has 1 aliphatic rings. The second kappa shape index (κ2) is 8.70. The molecule has 0 fully saturated rings. The van der Waals surface area contributed by atoms with E-state index in [0.717, 1.165) is 22.7 Å². The lowest BCUT2D eigenvalue weighted by molar-refractivity contribution is -0.344. The van der Waals surface area contributed by atoms with E-state index < -0.39 is 46.2 Å². The first kappa shape index (κ1) is 26.5. The lowest BCUT2D eigenvalue weighted by Gasteiger charge is -2.43. The largest absolute Gasteiger partial charge is 0.383 e. The minimum atomic E-state index is -6.42. The van der Waals surface area contributed by atoms with Crippen molar-refractivity contribution >= 4 is 33.8 Å². The molecule has 2 aromatic carbocycles. The van der Waals surface area contributed by atoms with Crippen molar-refractivity contribution in [2.24, 2.45) is 0 Å². The summed E-state index contributed by atoms with van der Waals surface area (Å²) in [5.74, 6) is -24.2. The fraction of sp³-hybridized carbons (Fsp3) is 0.231. The fourth-order valence-corrected chi connectivity index (χ4v) is 6.07. The third kappa shape index (κ3) is 3.64. The molecule has 0 amide bonds. The summed E-state index contributed by atoms with van der Waals surface area (Å²) in [6.07, 6.45) is 0. The minimum absolute atomic E-state index is 0.0738. The van der Waals surface area contributed by atoms with Gasteiger partial charge in [0.25, 0.3) is 0 Å². The first-order valence-electron chi connectivity index (χ1n) is 11.0. The van der Waals surface area contributed by atoms with Crippen LogP contribution in [0.25, 0.3) is 32.3 Å². The Kier molecular flexibility index (Phi) is 6.06. The number of allylic oxidation sites excluding steroid dienone is 2.